The summed E-state index contributed by atoms with van der Waals surface area (Å²) in [6.45, 7) is 6.90. The van der Waals surface area contributed by atoms with E-state index in [1.165, 1.54) is 56.9 Å². The Morgan fingerprint density at radius 1 is 0.697 bits per heavy atom. The van der Waals surface area contributed by atoms with Crippen LogP contribution >= 0.6 is 0 Å². The van der Waals surface area contributed by atoms with Crippen molar-refractivity contribution < 1.29 is 9.47 Å². The second-order valence-electron chi connectivity index (χ2n) is 8.81. The van der Waals surface area contributed by atoms with Crippen LogP contribution in [0.25, 0.3) is 11.3 Å². The van der Waals surface area contributed by atoms with Gasteiger partial charge in [-0.05, 0) is 62.6 Å². The largest absolute Gasteiger partial charge is 0.492 e. The lowest BCUT2D eigenvalue weighted by atomic mass is 10.0. The molecule has 0 aliphatic rings. The summed E-state index contributed by atoms with van der Waals surface area (Å²) in [6, 6.07) is 12.9. The maximum atomic E-state index is 5.84. The van der Waals surface area contributed by atoms with E-state index in [9.17, 15) is 0 Å². The summed E-state index contributed by atoms with van der Waals surface area (Å²) in [5.41, 5.74) is 3.53. The van der Waals surface area contributed by atoms with Crippen LogP contribution in [0.1, 0.15) is 90.0 Å². The van der Waals surface area contributed by atoms with E-state index in [1.807, 2.05) is 18.3 Å². The summed E-state index contributed by atoms with van der Waals surface area (Å²) in [7, 11) is 0. The first-order chi connectivity index (χ1) is 16.3. The zero-order valence-corrected chi connectivity index (χ0v) is 21.1. The fraction of sp³-hybridized carbons (Fsp3) is 0.567. The predicted octanol–water partition coefficient (Wildman–Crippen LogP) is 8.57. The topological polar surface area (TPSA) is 31.4 Å². The number of unbranched alkanes of at least 4 members (excludes halogenated alkanes) is 7. The minimum absolute atomic E-state index is 0.701. The van der Waals surface area contributed by atoms with Crippen molar-refractivity contribution >= 4 is 0 Å². The summed E-state index contributed by atoms with van der Waals surface area (Å²) in [6.07, 6.45) is 21.0. The molecule has 33 heavy (non-hydrogen) atoms. The van der Waals surface area contributed by atoms with Crippen LogP contribution in [0.15, 0.2) is 54.7 Å². The van der Waals surface area contributed by atoms with Gasteiger partial charge in [-0.2, -0.15) is 0 Å². The standard InChI is InChI=1S/C30H45NO2/c1-3-5-6-7-8-9-10-11-15-25-33-29-21-22-30(31-26-29)28-19-17-27(18-20-28)16-13-12-14-24-32-23-4-2/h10-11,17-22,26H,3-9,12-16,23-25H2,1-2H3/b11-10-. The second-order valence-corrected chi connectivity index (χ2v) is 8.81. The monoisotopic (exact) mass is 451 g/mol. The maximum absolute atomic E-state index is 5.84. The first-order valence-corrected chi connectivity index (χ1v) is 13.2. The highest BCUT2D eigenvalue weighted by Crippen LogP contribution is 2.21. The van der Waals surface area contributed by atoms with Gasteiger partial charge in [-0.15, -0.1) is 0 Å². The summed E-state index contributed by atoms with van der Waals surface area (Å²) in [5.74, 6) is 0.839. The fourth-order valence-corrected chi connectivity index (χ4v) is 3.78. The van der Waals surface area contributed by atoms with Gasteiger partial charge >= 0.3 is 0 Å². The summed E-state index contributed by atoms with van der Waals surface area (Å²) in [4.78, 5) is 4.60. The van der Waals surface area contributed by atoms with Crippen LogP contribution in [0, 0.1) is 0 Å². The van der Waals surface area contributed by atoms with E-state index in [4.69, 9.17) is 9.47 Å². The number of ether oxygens (including phenoxy) is 2. The third kappa shape index (κ3) is 12.6. The lowest BCUT2D eigenvalue weighted by Gasteiger charge is -2.07. The molecule has 0 amide bonds. The van der Waals surface area contributed by atoms with E-state index < -0.39 is 0 Å². The molecule has 0 aliphatic carbocycles. The lowest BCUT2D eigenvalue weighted by Crippen LogP contribution is -1.96. The molecule has 0 saturated carbocycles. The molecule has 3 heteroatoms. The van der Waals surface area contributed by atoms with Gasteiger partial charge in [0.2, 0.25) is 0 Å². The maximum Gasteiger partial charge on any atom is 0.137 e. The molecule has 0 unspecified atom stereocenters. The van der Waals surface area contributed by atoms with Crippen molar-refractivity contribution in [2.45, 2.75) is 90.9 Å². The van der Waals surface area contributed by atoms with Gasteiger partial charge < -0.3 is 9.47 Å². The van der Waals surface area contributed by atoms with Crippen molar-refractivity contribution in [2.24, 2.45) is 0 Å². The highest BCUT2D eigenvalue weighted by Gasteiger charge is 2.02. The minimum Gasteiger partial charge on any atom is -0.492 e. The number of aromatic nitrogens is 1. The van der Waals surface area contributed by atoms with Gasteiger partial charge in [0.15, 0.2) is 0 Å². The molecule has 1 heterocycles. The highest BCUT2D eigenvalue weighted by molar-refractivity contribution is 5.59. The molecule has 1 aromatic heterocycles. The van der Waals surface area contributed by atoms with E-state index >= 15 is 0 Å². The molecular formula is C30H45NO2. The zero-order valence-electron chi connectivity index (χ0n) is 21.1. The van der Waals surface area contributed by atoms with Gasteiger partial charge in [0.1, 0.15) is 5.75 Å². The minimum atomic E-state index is 0.701. The number of hydrogen-bond acceptors (Lipinski definition) is 3. The lowest BCUT2D eigenvalue weighted by molar-refractivity contribution is 0.130. The Balaban J connectivity index is 1.61. The molecule has 3 nitrogen and oxygen atoms in total. The van der Waals surface area contributed by atoms with Gasteiger partial charge in [0.25, 0.3) is 0 Å². The Morgan fingerprint density at radius 3 is 2.24 bits per heavy atom. The highest BCUT2D eigenvalue weighted by atomic mass is 16.5. The van der Waals surface area contributed by atoms with Crippen molar-refractivity contribution in [1.82, 2.24) is 4.98 Å². The van der Waals surface area contributed by atoms with E-state index in [-0.39, 0.29) is 0 Å². The average molecular weight is 452 g/mol. The van der Waals surface area contributed by atoms with Crippen LogP contribution in [-0.4, -0.2) is 24.8 Å². The molecular weight excluding hydrogens is 406 g/mol. The zero-order chi connectivity index (χ0) is 23.4. The predicted molar refractivity (Wildman–Crippen MR) is 141 cm³/mol. The van der Waals surface area contributed by atoms with Gasteiger partial charge in [-0.1, -0.05) is 82.4 Å². The Hall–Kier alpha value is -2.13. The molecule has 2 aromatic rings. The van der Waals surface area contributed by atoms with E-state index in [1.54, 1.807) is 0 Å². The van der Waals surface area contributed by atoms with Crippen molar-refractivity contribution in [3.8, 4) is 17.0 Å². The number of benzene rings is 1. The number of nitrogens with zero attached hydrogens (tertiary/aromatic N) is 1. The van der Waals surface area contributed by atoms with Gasteiger partial charge in [-0.25, -0.2) is 0 Å². The molecule has 0 saturated heterocycles. The molecule has 0 aliphatic heterocycles. The summed E-state index contributed by atoms with van der Waals surface area (Å²) >= 11 is 0. The Bertz CT molecular complexity index is 737. The molecule has 2 rings (SSSR count). The molecule has 0 radical (unpaired) electrons. The van der Waals surface area contributed by atoms with Crippen LogP contribution in [0.5, 0.6) is 5.75 Å². The van der Waals surface area contributed by atoms with Crippen LogP contribution in [0.3, 0.4) is 0 Å². The average Bonchev–Trinajstić information content (AvgIpc) is 2.85. The van der Waals surface area contributed by atoms with Crippen LogP contribution in [-0.2, 0) is 11.2 Å². The second kappa shape index (κ2) is 18.3. The van der Waals surface area contributed by atoms with E-state index in [2.05, 4.69) is 55.2 Å². The number of rotatable bonds is 19. The number of hydrogen-bond donors (Lipinski definition) is 0. The molecule has 182 valence electrons. The Labute approximate surface area is 202 Å². The Kier molecular flexibility index (Phi) is 15.0. The third-order valence-electron chi connectivity index (χ3n) is 5.78. The number of aryl methyl sites for hydroxylation is 1. The van der Waals surface area contributed by atoms with Crippen LogP contribution < -0.4 is 4.74 Å². The molecule has 0 fully saturated rings. The molecule has 0 bridgehead atoms. The van der Waals surface area contributed by atoms with E-state index in [0.717, 1.165) is 55.9 Å². The van der Waals surface area contributed by atoms with Crippen molar-refractivity contribution in [2.75, 3.05) is 19.8 Å². The van der Waals surface area contributed by atoms with Crippen molar-refractivity contribution in [1.29, 1.82) is 0 Å². The van der Waals surface area contributed by atoms with Gasteiger partial charge in [0, 0.05) is 18.8 Å². The molecule has 0 N–H and O–H groups in total. The van der Waals surface area contributed by atoms with Crippen molar-refractivity contribution in [3.05, 3.63) is 60.3 Å². The third-order valence-corrected chi connectivity index (χ3v) is 5.78. The first-order valence-electron chi connectivity index (χ1n) is 13.2. The molecule has 1 aromatic carbocycles. The smallest absolute Gasteiger partial charge is 0.137 e. The summed E-state index contributed by atoms with van der Waals surface area (Å²) in [5, 5.41) is 0. The summed E-state index contributed by atoms with van der Waals surface area (Å²) < 4.78 is 11.4. The molecule has 0 atom stereocenters. The number of pyridine rings is 1. The Morgan fingerprint density at radius 2 is 1.48 bits per heavy atom. The normalized spacial score (nSPS) is 11.3. The van der Waals surface area contributed by atoms with Crippen LogP contribution in [0.2, 0.25) is 0 Å². The van der Waals surface area contributed by atoms with Crippen LogP contribution in [0.4, 0.5) is 0 Å². The quantitative estimate of drug-likeness (QED) is 0.158. The van der Waals surface area contributed by atoms with Crippen molar-refractivity contribution in [3.63, 3.8) is 0 Å². The molecule has 0 spiro atoms. The first kappa shape index (κ1) is 27.1. The number of allylic oxidation sites excluding steroid dienone is 1. The van der Waals surface area contributed by atoms with Gasteiger partial charge in [-0.3, -0.25) is 4.98 Å². The van der Waals surface area contributed by atoms with Gasteiger partial charge in [0.05, 0.1) is 18.5 Å². The fourth-order valence-electron chi connectivity index (χ4n) is 3.78. The van der Waals surface area contributed by atoms with E-state index in [0.29, 0.717) is 6.61 Å². The SMILES string of the molecule is CCCCCCC/C=C\CCOc1ccc(-c2ccc(CCCCCOCCC)cc2)nc1.